The molecular formula is C17H34N4. The molecule has 0 aromatic heterocycles. The second kappa shape index (κ2) is 7.91. The lowest BCUT2D eigenvalue weighted by molar-refractivity contribution is 0.0653. The summed E-state index contributed by atoms with van der Waals surface area (Å²) in [5.74, 6) is 0.866. The first kappa shape index (κ1) is 15.7. The number of likely N-dealkylation sites (tertiary alicyclic amines) is 1. The Labute approximate surface area is 130 Å². The fourth-order valence-electron chi connectivity index (χ4n) is 4.46. The molecule has 3 aliphatic heterocycles. The number of piperidine rings is 2. The van der Waals surface area contributed by atoms with Crippen molar-refractivity contribution >= 4 is 0 Å². The molecule has 3 aliphatic rings. The molecule has 0 aromatic rings. The van der Waals surface area contributed by atoms with Gasteiger partial charge in [0.15, 0.2) is 0 Å². The van der Waals surface area contributed by atoms with Gasteiger partial charge in [0.2, 0.25) is 0 Å². The number of hydrogen-bond donors (Lipinski definition) is 2. The van der Waals surface area contributed by atoms with Crippen LogP contribution in [0.15, 0.2) is 0 Å². The minimum atomic E-state index is 0.757. The van der Waals surface area contributed by atoms with Crippen LogP contribution in [0.3, 0.4) is 0 Å². The molecule has 122 valence electrons. The lowest BCUT2D eigenvalue weighted by Crippen LogP contribution is -2.55. The van der Waals surface area contributed by atoms with Gasteiger partial charge in [-0.25, -0.2) is 0 Å². The van der Waals surface area contributed by atoms with Crippen LogP contribution in [-0.4, -0.2) is 74.2 Å². The first-order valence-corrected chi connectivity index (χ1v) is 9.24. The predicted octanol–water partition coefficient (Wildman–Crippen LogP) is 1.13. The maximum atomic E-state index is 3.65. The van der Waals surface area contributed by atoms with E-state index >= 15 is 0 Å². The zero-order valence-electron chi connectivity index (χ0n) is 13.8. The normalized spacial score (nSPS) is 37.3. The third kappa shape index (κ3) is 4.19. The molecule has 0 amide bonds. The molecule has 0 radical (unpaired) electrons. The molecule has 0 aromatic carbocycles. The van der Waals surface area contributed by atoms with Gasteiger partial charge < -0.3 is 15.5 Å². The molecule has 4 nitrogen and oxygen atoms in total. The first-order valence-electron chi connectivity index (χ1n) is 9.24. The van der Waals surface area contributed by atoms with Gasteiger partial charge in [0.1, 0.15) is 0 Å². The van der Waals surface area contributed by atoms with Crippen LogP contribution in [0.5, 0.6) is 0 Å². The topological polar surface area (TPSA) is 30.5 Å². The summed E-state index contributed by atoms with van der Waals surface area (Å²) in [5, 5.41) is 7.20. The molecule has 21 heavy (non-hydrogen) atoms. The lowest BCUT2D eigenvalue weighted by Gasteiger charge is -2.44. The highest BCUT2D eigenvalue weighted by Gasteiger charge is 2.32. The van der Waals surface area contributed by atoms with Crippen LogP contribution in [0.25, 0.3) is 0 Å². The van der Waals surface area contributed by atoms with Gasteiger partial charge in [-0.15, -0.1) is 0 Å². The van der Waals surface area contributed by atoms with Crippen molar-refractivity contribution in [1.82, 2.24) is 20.4 Å². The van der Waals surface area contributed by atoms with Crippen LogP contribution < -0.4 is 10.6 Å². The highest BCUT2D eigenvalue weighted by atomic mass is 15.2. The molecule has 0 bridgehead atoms. The Balaban J connectivity index is 1.60. The molecule has 0 saturated carbocycles. The summed E-state index contributed by atoms with van der Waals surface area (Å²) in [6.07, 6.45) is 6.92. The van der Waals surface area contributed by atoms with Crippen molar-refractivity contribution in [2.45, 2.75) is 51.1 Å². The van der Waals surface area contributed by atoms with Crippen molar-refractivity contribution in [3.8, 4) is 0 Å². The molecule has 3 atom stereocenters. The van der Waals surface area contributed by atoms with Crippen LogP contribution in [0.4, 0.5) is 0 Å². The highest BCUT2D eigenvalue weighted by Crippen LogP contribution is 2.24. The van der Waals surface area contributed by atoms with Gasteiger partial charge >= 0.3 is 0 Å². The Hall–Kier alpha value is -0.160. The van der Waals surface area contributed by atoms with E-state index in [2.05, 4.69) is 27.4 Å². The van der Waals surface area contributed by atoms with E-state index in [1.807, 2.05) is 0 Å². The summed E-state index contributed by atoms with van der Waals surface area (Å²) in [7, 11) is 0. The number of hydrogen-bond acceptors (Lipinski definition) is 4. The maximum absolute atomic E-state index is 3.65. The smallest absolute Gasteiger partial charge is 0.0262 e. The van der Waals surface area contributed by atoms with Crippen molar-refractivity contribution in [2.75, 3.05) is 52.4 Å². The van der Waals surface area contributed by atoms with Gasteiger partial charge in [-0.3, -0.25) is 4.90 Å². The van der Waals surface area contributed by atoms with E-state index in [0.29, 0.717) is 0 Å². The zero-order valence-corrected chi connectivity index (χ0v) is 13.8. The van der Waals surface area contributed by atoms with Crippen molar-refractivity contribution in [3.63, 3.8) is 0 Å². The van der Waals surface area contributed by atoms with E-state index in [4.69, 9.17) is 0 Å². The Morgan fingerprint density at radius 3 is 2.76 bits per heavy atom. The predicted molar refractivity (Wildman–Crippen MR) is 88.7 cm³/mol. The van der Waals surface area contributed by atoms with E-state index in [0.717, 1.165) is 18.0 Å². The Kier molecular flexibility index (Phi) is 5.92. The summed E-state index contributed by atoms with van der Waals surface area (Å²) < 4.78 is 0. The molecule has 3 fully saturated rings. The highest BCUT2D eigenvalue weighted by molar-refractivity contribution is 4.90. The molecule has 3 rings (SSSR count). The SMILES string of the molecule is CC1CCCCN1CC1CCNCC1N1CCCNCC1. The van der Waals surface area contributed by atoms with Crippen LogP contribution in [0.1, 0.15) is 39.0 Å². The number of nitrogens with one attached hydrogen (secondary N) is 2. The zero-order chi connectivity index (χ0) is 14.5. The fourth-order valence-corrected chi connectivity index (χ4v) is 4.46. The molecule has 0 aliphatic carbocycles. The summed E-state index contributed by atoms with van der Waals surface area (Å²) in [5.41, 5.74) is 0. The van der Waals surface area contributed by atoms with Gasteiger partial charge in [0.05, 0.1) is 0 Å². The summed E-state index contributed by atoms with van der Waals surface area (Å²) in [4.78, 5) is 5.55. The van der Waals surface area contributed by atoms with E-state index in [-0.39, 0.29) is 0 Å². The second-order valence-electron chi connectivity index (χ2n) is 7.30. The van der Waals surface area contributed by atoms with Crippen LogP contribution >= 0.6 is 0 Å². The molecule has 2 N–H and O–H groups in total. The lowest BCUT2D eigenvalue weighted by atomic mass is 9.89. The van der Waals surface area contributed by atoms with Crippen LogP contribution in [0, 0.1) is 5.92 Å². The van der Waals surface area contributed by atoms with Gasteiger partial charge in [-0.1, -0.05) is 6.42 Å². The van der Waals surface area contributed by atoms with E-state index < -0.39 is 0 Å². The average molecular weight is 294 g/mol. The van der Waals surface area contributed by atoms with Gasteiger partial charge in [-0.2, -0.15) is 0 Å². The molecular weight excluding hydrogens is 260 g/mol. The minimum Gasteiger partial charge on any atom is -0.315 e. The van der Waals surface area contributed by atoms with E-state index in [1.165, 1.54) is 84.5 Å². The van der Waals surface area contributed by atoms with Gasteiger partial charge in [0.25, 0.3) is 0 Å². The maximum Gasteiger partial charge on any atom is 0.0262 e. The minimum absolute atomic E-state index is 0.757. The Morgan fingerprint density at radius 2 is 1.86 bits per heavy atom. The molecule has 4 heteroatoms. The van der Waals surface area contributed by atoms with Crippen LogP contribution in [0.2, 0.25) is 0 Å². The van der Waals surface area contributed by atoms with Gasteiger partial charge in [0, 0.05) is 38.3 Å². The molecule has 3 unspecified atom stereocenters. The molecule has 0 spiro atoms. The van der Waals surface area contributed by atoms with Gasteiger partial charge in [-0.05, 0) is 64.7 Å². The van der Waals surface area contributed by atoms with Crippen molar-refractivity contribution in [2.24, 2.45) is 5.92 Å². The molecule has 3 heterocycles. The van der Waals surface area contributed by atoms with E-state index in [1.54, 1.807) is 0 Å². The molecule has 3 saturated heterocycles. The van der Waals surface area contributed by atoms with Crippen molar-refractivity contribution in [3.05, 3.63) is 0 Å². The van der Waals surface area contributed by atoms with Crippen molar-refractivity contribution in [1.29, 1.82) is 0 Å². The largest absolute Gasteiger partial charge is 0.315 e. The number of rotatable bonds is 3. The van der Waals surface area contributed by atoms with Crippen LogP contribution in [-0.2, 0) is 0 Å². The van der Waals surface area contributed by atoms with E-state index in [9.17, 15) is 0 Å². The first-order chi connectivity index (χ1) is 10.3. The quantitative estimate of drug-likeness (QED) is 0.817. The summed E-state index contributed by atoms with van der Waals surface area (Å²) in [6.45, 7) is 12.4. The third-order valence-electron chi connectivity index (χ3n) is 5.84. The Morgan fingerprint density at radius 1 is 0.905 bits per heavy atom. The monoisotopic (exact) mass is 294 g/mol. The standard InChI is InChI=1S/C17H34N4/c1-15-5-2-3-10-21(15)14-16-6-8-19-13-17(16)20-11-4-7-18-9-12-20/h15-19H,2-14H2,1H3. The Bertz CT molecular complexity index is 301. The average Bonchev–Trinajstić information content (AvgIpc) is 2.79. The summed E-state index contributed by atoms with van der Waals surface area (Å²) >= 11 is 0. The van der Waals surface area contributed by atoms with Crippen molar-refractivity contribution < 1.29 is 0 Å². The number of nitrogens with zero attached hydrogens (tertiary/aromatic N) is 2. The second-order valence-corrected chi connectivity index (χ2v) is 7.30. The summed E-state index contributed by atoms with van der Waals surface area (Å²) in [6, 6.07) is 1.56. The third-order valence-corrected chi connectivity index (χ3v) is 5.84. The fraction of sp³-hybridized carbons (Fsp3) is 1.00.